The first kappa shape index (κ1) is 11.5. The zero-order valence-electron chi connectivity index (χ0n) is 7.56. The normalized spacial score (nSPS) is 12.6. The Morgan fingerprint density at radius 3 is 2.71 bits per heavy atom. The average Bonchev–Trinajstić information content (AvgIpc) is 2.15. The van der Waals surface area contributed by atoms with Crippen LogP contribution < -0.4 is 0 Å². The van der Waals surface area contributed by atoms with Crippen LogP contribution in [0, 0.1) is 5.82 Å². The van der Waals surface area contributed by atoms with Crippen LogP contribution in [0.5, 0.6) is 0 Å². The molecule has 0 amide bonds. The van der Waals surface area contributed by atoms with Gasteiger partial charge in [0, 0.05) is 5.56 Å². The molecule has 1 unspecified atom stereocenters. The van der Waals surface area contributed by atoms with Crippen molar-refractivity contribution < 1.29 is 9.18 Å². The summed E-state index contributed by atoms with van der Waals surface area (Å²) in [7, 11) is 0. The van der Waals surface area contributed by atoms with Gasteiger partial charge in [-0.2, -0.15) is 0 Å². The summed E-state index contributed by atoms with van der Waals surface area (Å²) < 4.78 is 12.7. The van der Waals surface area contributed by atoms with E-state index in [-0.39, 0.29) is 16.4 Å². The molecule has 0 saturated heterocycles. The smallest absolute Gasteiger partial charge is 0.182 e. The molecule has 1 atom stereocenters. The first-order chi connectivity index (χ1) is 6.56. The summed E-state index contributed by atoms with van der Waals surface area (Å²) in [6.45, 7) is 1.80. The van der Waals surface area contributed by atoms with Crippen LogP contribution in [0.2, 0.25) is 5.02 Å². The van der Waals surface area contributed by atoms with Crippen LogP contribution in [-0.4, -0.2) is 11.2 Å². The number of ketones is 1. The molecule has 0 N–H and O–H groups in total. The molecule has 76 valence electrons. The second-order valence-electron chi connectivity index (χ2n) is 2.86. The Morgan fingerprint density at radius 2 is 2.21 bits per heavy atom. The van der Waals surface area contributed by atoms with Gasteiger partial charge in [0.15, 0.2) is 5.78 Å². The lowest BCUT2D eigenvalue weighted by Gasteiger charge is -2.06. The first-order valence-corrected chi connectivity index (χ1v) is 5.01. The minimum Gasteiger partial charge on any atom is -0.292 e. The Bertz CT molecular complexity index is 352. The molecule has 0 aliphatic rings. The highest BCUT2D eigenvalue weighted by atomic mass is 35.5. The third-order valence-electron chi connectivity index (χ3n) is 1.84. The fraction of sp³-hybridized carbons (Fsp3) is 0.300. The minimum absolute atomic E-state index is 0.106. The number of benzene rings is 1. The van der Waals surface area contributed by atoms with E-state index in [1.165, 1.54) is 12.1 Å². The lowest BCUT2D eigenvalue weighted by molar-refractivity contribution is 0.0986. The van der Waals surface area contributed by atoms with Crippen molar-refractivity contribution in [2.24, 2.45) is 0 Å². The van der Waals surface area contributed by atoms with Gasteiger partial charge in [-0.25, -0.2) is 4.39 Å². The summed E-state index contributed by atoms with van der Waals surface area (Å²) in [6.07, 6.45) is 0.522. The highest BCUT2D eigenvalue weighted by Gasteiger charge is 2.18. The summed E-state index contributed by atoms with van der Waals surface area (Å²) in [5.74, 6) is -0.728. The molecular formula is C10H9Cl2FO. The quantitative estimate of drug-likeness (QED) is 0.576. The Hall–Kier alpha value is -0.600. The van der Waals surface area contributed by atoms with E-state index >= 15 is 0 Å². The van der Waals surface area contributed by atoms with E-state index in [9.17, 15) is 9.18 Å². The molecule has 0 bridgehead atoms. The molecule has 0 spiro atoms. The first-order valence-electron chi connectivity index (χ1n) is 4.19. The molecule has 0 heterocycles. The Morgan fingerprint density at radius 1 is 1.57 bits per heavy atom. The number of hydrogen-bond acceptors (Lipinski definition) is 1. The molecule has 0 radical (unpaired) electrons. The topological polar surface area (TPSA) is 17.1 Å². The molecule has 1 rings (SSSR count). The van der Waals surface area contributed by atoms with Crippen LogP contribution in [0.4, 0.5) is 4.39 Å². The molecule has 0 fully saturated rings. The van der Waals surface area contributed by atoms with Crippen molar-refractivity contribution in [1.29, 1.82) is 0 Å². The van der Waals surface area contributed by atoms with Gasteiger partial charge in [0.2, 0.25) is 0 Å². The third-order valence-corrected chi connectivity index (χ3v) is 2.66. The number of alkyl halides is 1. The molecule has 0 aliphatic carbocycles. The van der Waals surface area contributed by atoms with Crippen molar-refractivity contribution in [3.05, 3.63) is 34.6 Å². The van der Waals surface area contributed by atoms with Gasteiger partial charge in [0.1, 0.15) is 5.82 Å². The highest BCUT2D eigenvalue weighted by Crippen LogP contribution is 2.21. The predicted octanol–water partition coefficient (Wildman–Crippen LogP) is 3.68. The van der Waals surface area contributed by atoms with E-state index in [0.29, 0.717) is 6.42 Å². The summed E-state index contributed by atoms with van der Waals surface area (Å²) in [6, 6.07) is 3.65. The monoisotopic (exact) mass is 234 g/mol. The summed E-state index contributed by atoms with van der Waals surface area (Å²) in [5, 5.41) is -0.493. The van der Waals surface area contributed by atoms with Crippen molar-refractivity contribution >= 4 is 29.0 Å². The lowest BCUT2D eigenvalue weighted by atomic mass is 10.1. The van der Waals surface area contributed by atoms with Gasteiger partial charge in [-0.1, -0.05) is 18.5 Å². The van der Waals surface area contributed by atoms with Gasteiger partial charge >= 0.3 is 0 Å². The fourth-order valence-electron chi connectivity index (χ4n) is 1.04. The molecule has 1 aromatic rings. The Labute approximate surface area is 91.8 Å². The van der Waals surface area contributed by atoms with Crippen molar-refractivity contribution in [3.8, 4) is 0 Å². The van der Waals surface area contributed by atoms with Gasteiger partial charge < -0.3 is 0 Å². The molecule has 1 aromatic carbocycles. The van der Waals surface area contributed by atoms with Crippen molar-refractivity contribution in [2.75, 3.05) is 0 Å². The SMILES string of the molecule is CCC(Cl)C(=O)c1ccc(F)cc1Cl. The fourth-order valence-corrected chi connectivity index (χ4v) is 1.42. The van der Waals surface area contributed by atoms with Gasteiger partial charge in [-0.3, -0.25) is 4.79 Å². The largest absolute Gasteiger partial charge is 0.292 e. The summed E-state index contributed by atoms with van der Waals surface area (Å²) in [4.78, 5) is 11.6. The Kier molecular flexibility index (Phi) is 3.90. The zero-order chi connectivity index (χ0) is 10.7. The molecule has 0 aliphatic heterocycles. The number of rotatable bonds is 3. The number of Topliss-reactive ketones (excluding diaryl/α,β-unsaturated/α-hetero) is 1. The van der Waals surface area contributed by atoms with Gasteiger partial charge in [-0.05, 0) is 24.6 Å². The molecule has 0 saturated carbocycles. The van der Waals surface area contributed by atoms with Crippen molar-refractivity contribution in [2.45, 2.75) is 18.7 Å². The van der Waals surface area contributed by atoms with Crippen LogP contribution in [0.25, 0.3) is 0 Å². The predicted molar refractivity (Wildman–Crippen MR) is 55.7 cm³/mol. The molecule has 1 nitrogen and oxygen atoms in total. The maximum Gasteiger partial charge on any atom is 0.182 e. The maximum atomic E-state index is 12.7. The van der Waals surface area contributed by atoms with Crippen molar-refractivity contribution in [1.82, 2.24) is 0 Å². The summed E-state index contributed by atoms with van der Waals surface area (Å²) in [5.41, 5.74) is 0.273. The van der Waals surface area contributed by atoms with Crippen LogP contribution in [0.1, 0.15) is 23.7 Å². The van der Waals surface area contributed by atoms with Crippen molar-refractivity contribution in [3.63, 3.8) is 0 Å². The number of hydrogen-bond donors (Lipinski definition) is 0. The maximum absolute atomic E-state index is 12.7. The van der Waals surface area contributed by atoms with Crippen LogP contribution in [0.15, 0.2) is 18.2 Å². The number of halogens is 3. The van der Waals surface area contributed by atoms with E-state index in [0.717, 1.165) is 6.07 Å². The standard InChI is InChI=1S/C10H9Cl2FO/c1-2-8(11)10(14)7-4-3-6(13)5-9(7)12/h3-5,8H,2H2,1H3. The van der Waals surface area contributed by atoms with E-state index in [1.54, 1.807) is 6.92 Å². The molecule has 0 aromatic heterocycles. The van der Waals surface area contributed by atoms with Crippen LogP contribution in [-0.2, 0) is 0 Å². The Balaban J connectivity index is 3.02. The number of carbonyl (C=O) groups excluding carboxylic acids is 1. The zero-order valence-corrected chi connectivity index (χ0v) is 9.07. The molecular weight excluding hydrogens is 226 g/mol. The van der Waals surface area contributed by atoms with Gasteiger partial charge in [0.05, 0.1) is 10.4 Å². The second kappa shape index (κ2) is 4.76. The highest BCUT2D eigenvalue weighted by molar-refractivity contribution is 6.38. The van der Waals surface area contributed by atoms with E-state index in [2.05, 4.69) is 0 Å². The van der Waals surface area contributed by atoms with E-state index < -0.39 is 11.2 Å². The van der Waals surface area contributed by atoms with Crippen LogP contribution in [0.3, 0.4) is 0 Å². The van der Waals surface area contributed by atoms with Gasteiger partial charge in [0.25, 0.3) is 0 Å². The minimum atomic E-state index is -0.599. The lowest BCUT2D eigenvalue weighted by Crippen LogP contribution is -2.14. The molecule has 14 heavy (non-hydrogen) atoms. The van der Waals surface area contributed by atoms with E-state index in [4.69, 9.17) is 23.2 Å². The summed E-state index contributed by atoms with van der Waals surface area (Å²) >= 11 is 11.5. The van der Waals surface area contributed by atoms with Gasteiger partial charge in [-0.15, -0.1) is 11.6 Å². The third kappa shape index (κ3) is 2.46. The molecule has 4 heteroatoms. The average molecular weight is 235 g/mol. The van der Waals surface area contributed by atoms with Crippen LogP contribution >= 0.6 is 23.2 Å². The van der Waals surface area contributed by atoms with E-state index in [1.807, 2.05) is 0 Å². The number of carbonyl (C=O) groups is 1. The second-order valence-corrected chi connectivity index (χ2v) is 3.80.